The number of carbonyl (C=O) groups excluding carboxylic acids is 1. The summed E-state index contributed by atoms with van der Waals surface area (Å²) in [7, 11) is 0. The third-order valence-electron chi connectivity index (χ3n) is 4.40. The largest absolute Gasteiger partial charge is 0.493 e. The Kier molecular flexibility index (Phi) is 7.70. The predicted octanol–water partition coefficient (Wildman–Crippen LogP) is 5.65. The molecular formula is C24H24BrNO3. The standard InChI is InChI=1S/C24H24BrNO3/c1-2-18-8-13-23(22(25)16-18)29-17-24(27)26-20-9-11-21(12-10-20)28-15-14-19-6-4-3-5-7-19/h3-13,16H,2,14-15,17H2,1H3,(H,26,27). The van der Waals surface area contributed by atoms with Gasteiger partial charge in [-0.05, 0) is 69.9 Å². The molecule has 0 bridgehead atoms. The van der Waals surface area contributed by atoms with E-state index in [1.54, 1.807) is 0 Å². The summed E-state index contributed by atoms with van der Waals surface area (Å²) >= 11 is 3.48. The summed E-state index contributed by atoms with van der Waals surface area (Å²) in [5.41, 5.74) is 3.15. The van der Waals surface area contributed by atoms with Gasteiger partial charge in [0.15, 0.2) is 6.61 Å². The zero-order chi connectivity index (χ0) is 20.5. The van der Waals surface area contributed by atoms with Gasteiger partial charge in [-0.1, -0.05) is 43.3 Å². The predicted molar refractivity (Wildman–Crippen MR) is 120 cm³/mol. The Balaban J connectivity index is 1.43. The Morgan fingerprint density at radius 1 is 0.931 bits per heavy atom. The van der Waals surface area contributed by atoms with Gasteiger partial charge in [-0.15, -0.1) is 0 Å². The quantitative estimate of drug-likeness (QED) is 0.455. The lowest BCUT2D eigenvalue weighted by Gasteiger charge is -2.11. The van der Waals surface area contributed by atoms with E-state index < -0.39 is 0 Å². The topological polar surface area (TPSA) is 47.6 Å². The van der Waals surface area contributed by atoms with Crippen molar-refractivity contribution >= 4 is 27.5 Å². The molecule has 1 amide bonds. The van der Waals surface area contributed by atoms with Gasteiger partial charge in [0.25, 0.3) is 5.91 Å². The Morgan fingerprint density at radius 2 is 1.69 bits per heavy atom. The second-order valence-electron chi connectivity index (χ2n) is 6.56. The third kappa shape index (κ3) is 6.64. The number of nitrogens with one attached hydrogen (secondary N) is 1. The molecule has 0 atom stereocenters. The first kappa shape index (κ1) is 20.9. The summed E-state index contributed by atoms with van der Waals surface area (Å²) in [4.78, 5) is 12.2. The minimum Gasteiger partial charge on any atom is -0.493 e. The fourth-order valence-electron chi connectivity index (χ4n) is 2.79. The molecule has 0 heterocycles. The molecule has 0 saturated carbocycles. The van der Waals surface area contributed by atoms with Crippen molar-refractivity contribution in [2.75, 3.05) is 18.5 Å². The lowest BCUT2D eigenvalue weighted by Crippen LogP contribution is -2.20. The Hall–Kier alpha value is -2.79. The van der Waals surface area contributed by atoms with Gasteiger partial charge in [-0.25, -0.2) is 0 Å². The lowest BCUT2D eigenvalue weighted by atomic mass is 10.2. The SMILES string of the molecule is CCc1ccc(OCC(=O)Nc2ccc(OCCc3ccccc3)cc2)c(Br)c1. The van der Waals surface area contributed by atoms with Gasteiger partial charge in [0, 0.05) is 12.1 Å². The number of amides is 1. The highest BCUT2D eigenvalue weighted by molar-refractivity contribution is 9.10. The fraction of sp³-hybridized carbons (Fsp3) is 0.208. The minimum absolute atomic E-state index is 0.0562. The first-order valence-electron chi connectivity index (χ1n) is 9.62. The second kappa shape index (κ2) is 10.7. The Morgan fingerprint density at radius 3 is 2.38 bits per heavy atom. The molecule has 1 N–H and O–H groups in total. The molecule has 0 aliphatic heterocycles. The van der Waals surface area contributed by atoms with E-state index in [2.05, 4.69) is 40.3 Å². The van der Waals surface area contributed by atoms with Crippen molar-refractivity contribution < 1.29 is 14.3 Å². The molecule has 0 saturated heterocycles. The molecular weight excluding hydrogens is 430 g/mol. The molecule has 0 aliphatic carbocycles. The van der Waals surface area contributed by atoms with Crippen LogP contribution in [0.1, 0.15) is 18.1 Å². The maximum absolute atomic E-state index is 12.2. The molecule has 0 spiro atoms. The van der Waals surface area contributed by atoms with Crippen molar-refractivity contribution in [2.45, 2.75) is 19.8 Å². The van der Waals surface area contributed by atoms with Crippen molar-refractivity contribution in [3.8, 4) is 11.5 Å². The number of halogens is 1. The molecule has 0 fully saturated rings. The summed E-state index contributed by atoms with van der Waals surface area (Å²) in [5.74, 6) is 1.21. The van der Waals surface area contributed by atoms with Crippen LogP contribution in [0.4, 0.5) is 5.69 Å². The average molecular weight is 454 g/mol. The molecule has 0 radical (unpaired) electrons. The van der Waals surface area contributed by atoms with Crippen LogP contribution in [-0.2, 0) is 17.6 Å². The molecule has 4 nitrogen and oxygen atoms in total. The van der Waals surface area contributed by atoms with E-state index in [0.717, 1.165) is 23.1 Å². The maximum atomic E-state index is 12.2. The number of hydrogen-bond acceptors (Lipinski definition) is 3. The lowest BCUT2D eigenvalue weighted by molar-refractivity contribution is -0.118. The number of anilines is 1. The molecule has 29 heavy (non-hydrogen) atoms. The average Bonchev–Trinajstić information content (AvgIpc) is 2.75. The Bertz CT molecular complexity index is 927. The van der Waals surface area contributed by atoms with E-state index in [1.165, 1.54) is 11.1 Å². The van der Waals surface area contributed by atoms with Crippen molar-refractivity contribution in [2.24, 2.45) is 0 Å². The van der Waals surface area contributed by atoms with Crippen molar-refractivity contribution in [3.05, 3.63) is 88.4 Å². The van der Waals surface area contributed by atoms with E-state index >= 15 is 0 Å². The number of benzene rings is 3. The zero-order valence-corrected chi connectivity index (χ0v) is 17.9. The molecule has 3 aromatic carbocycles. The van der Waals surface area contributed by atoms with Crippen molar-refractivity contribution in [3.63, 3.8) is 0 Å². The molecule has 5 heteroatoms. The van der Waals surface area contributed by atoms with Gasteiger partial charge in [-0.2, -0.15) is 0 Å². The van der Waals surface area contributed by atoms with Crippen molar-refractivity contribution in [1.29, 1.82) is 0 Å². The van der Waals surface area contributed by atoms with Crippen LogP contribution in [0.2, 0.25) is 0 Å². The molecule has 0 aromatic heterocycles. The first-order chi connectivity index (χ1) is 14.1. The van der Waals surface area contributed by atoms with E-state index in [1.807, 2.05) is 60.7 Å². The summed E-state index contributed by atoms with van der Waals surface area (Å²) in [6, 6.07) is 23.4. The van der Waals surface area contributed by atoms with Gasteiger partial charge in [-0.3, -0.25) is 4.79 Å². The first-order valence-corrected chi connectivity index (χ1v) is 10.4. The highest BCUT2D eigenvalue weighted by Gasteiger charge is 2.07. The number of rotatable bonds is 9. The molecule has 0 aliphatic rings. The molecule has 150 valence electrons. The minimum atomic E-state index is -0.214. The van der Waals surface area contributed by atoms with Crippen LogP contribution in [0.3, 0.4) is 0 Å². The van der Waals surface area contributed by atoms with E-state index in [0.29, 0.717) is 18.0 Å². The summed E-state index contributed by atoms with van der Waals surface area (Å²) in [6.45, 7) is 2.64. The number of carbonyl (C=O) groups is 1. The van der Waals surface area contributed by atoms with Crippen LogP contribution >= 0.6 is 15.9 Å². The summed E-state index contributed by atoms with van der Waals surface area (Å²) in [6.07, 6.45) is 1.80. The van der Waals surface area contributed by atoms with Crippen LogP contribution in [0.25, 0.3) is 0 Å². The van der Waals surface area contributed by atoms with E-state index in [-0.39, 0.29) is 12.5 Å². The number of hydrogen-bond donors (Lipinski definition) is 1. The second-order valence-corrected chi connectivity index (χ2v) is 7.42. The summed E-state index contributed by atoms with van der Waals surface area (Å²) < 4.78 is 12.2. The van der Waals surface area contributed by atoms with Crippen LogP contribution in [-0.4, -0.2) is 19.1 Å². The van der Waals surface area contributed by atoms with Crippen LogP contribution in [0, 0.1) is 0 Å². The fourth-order valence-corrected chi connectivity index (χ4v) is 3.33. The summed E-state index contributed by atoms with van der Waals surface area (Å²) in [5, 5.41) is 2.83. The highest BCUT2D eigenvalue weighted by Crippen LogP contribution is 2.26. The van der Waals surface area contributed by atoms with Gasteiger partial charge in [0.1, 0.15) is 11.5 Å². The van der Waals surface area contributed by atoms with Gasteiger partial charge >= 0.3 is 0 Å². The highest BCUT2D eigenvalue weighted by atomic mass is 79.9. The smallest absolute Gasteiger partial charge is 0.262 e. The Labute approximate surface area is 180 Å². The maximum Gasteiger partial charge on any atom is 0.262 e. The van der Waals surface area contributed by atoms with Gasteiger partial charge < -0.3 is 14.8 Å². The monoisotopic (exact) mass is 453 g/mol. The molecule has 3 aromatic rings. The van der Waals surface area contributed by atoms with Crippen molar-refractivity contribution in [1.82, 2.24) is 0 Å². The zero-order valence-electron chi connectivity index (χ0n) is 16.4. The van der Waals surface area contributed by atoms with Gasteiger partial charge in [0.2, 0.25) is 0 Å². The molecule has 0 unspecified atom stereocenters. The van der Waals surface area contributed by atoms with Crippen LogP contribution in [0.15, 0.2) is 77.3 Å². The normalized spacial score (nSPS) is 10.4. The van der Waals surface area contributed by atoms with Crippen LogP contribution < -0.4 is 14.8 Å². The third-order valence-corrected chi connectivity index (χ3v) is 5.02. The van der Waals surface area contributed by atoms with E-state index in [4.69, 9.17) is 9.47 Å². The van der Waals surface area contributed by atoms with Crippen LogP contribution in [0.5, 0.6) is 11.5 Å². The number of ether oxygens (including phenoxy) is 2. The molecule has 3 rings (SSSR count). The van der Waals surface area contributed by atoms with Gasteiger partial charge in [0.05, 0.1) is 11.1 Å². The van der Waals surface area contributed by atoms with E-state index in [9.17, 15) is 4.79 Å². The number of aryl methyl sites for hydroxylation is 1.